The lowest BCUT2D eigenvalue weighted by atomic mass is 10.3. The molecule has 1 amide bonds. The summed E-state index contributed by atoms with van der Waals surface area (Å²) in [4.78, 5) is 15.8. The van der Waals surface area contributed by atoms with Crippen LogP contribution < -0.4 is 10.6 Å². The van der Waals surface area contributed by atoms with Crippen molar-refractivity contribution in [3.8, 4) is 0 Å². The Kier molecular flexibility index (Phi) is 7.14. The van der Waals surface area contributed by atoms with E-state index in [1.54, 1.807) is 13.4 Å². The molecule has 2 N–H and O–H groups in total. The summed E-state index contributed by atoms with van der Waals surface area (Å²) in [5, 5.41) is 6.10. The first-order chi connectivity index (χ1) is 9.11. The van der Waals surface area contributed by atoms with Gasteiger partial charge in [-0.05, 0) is 13.8 Å². The van der Waals surface area contributed by atoms with Crippen molar-refractivity contribution in [3.63, 3.8) is 0 Å². The molecule has 0 bridgehead atoms. The van der Waals surface area contributed by atoms with Gasteiger partial charge in [0.2, 0.25) is 5.91 Å². The first-order valence-electron chi connectivity index (χ1n) is 6.61. The molecule has 1 aromatic heterocycles. The number of nitrogens with one attached hydrogen (secondary N) is 2. The highest BCUT2D eigenvalue weighted by molar-refractivity contribution is 5.76. The predicted molar refractivity (Wildman–Crippen MR) is 73.7 cm³/mol. The monoisotopic (exact) mass is 268 g/mol. The summed E-state index contributed by atoms with van der Waals surface area (Å²) in [5.41, 5.74) is 0.973. The fraction of sp³-hybridized carbons (Fsp3) is 0.692. The van der Waals surface area contributed by atoms with E-state index in [1.165, 1.54) is 0 Å². The Bertz CT molecular complexity index is 376. The molecule has 0 aliphatic heterocycles. The van der Waals surface area contributed by atoms with Crippen LogP contribution in [0.3, 0.4) is 0 Å². The highest BCUT2D eigenvalue weighted by Gasteiger charge is 2.04. The molecule has 0 aromatic carbocycles. The summed E-state index contributed by atoms with van der Waals surface area (Å²) in [7, 11) is 1.68. The van der Waals surface area contributed by atoms with Crippen molar-refractivity contribution in [2.75, 3.05) is 20.3 Å². The molecule has 19 heavy (non-hydrogen) atoms. The number of ether oxygens (including phenoxy) is 1. The zero-order valence-electron chi connectivity index (χ0n) is 12.0. The Morgan fingerprint density at radius 3 is 3.00 bits per heavy atom. The van der Waals surface area contributed by atoms with Crippen LogP contribution in [0.4, 0.5) is 0 Å². The Balaban J connectivity index is 2.24. The number of carbonyl (C=O) groups is 1. The first kappa shape index (κ1) is 15.7. The Morgan fingerprint density at radius 2 is 2.32 bits per heavy atom. The van der Waals surface area contributed by atoms with E-state index in [0.29, 0.717) is 26.1 Å². The van der Waals surface area contributed by atoms with Gasteiger partial charge in [0.05, 0.1) is 18.6 Å². The number of imidazole rings is 1. The molecule has 0 aliphatic rings. The SMILES string of the molecule is COCCNCc1cn(CCC(=O)NC(C)C)cn1. The lowest BCUT2D eigenvalue weighted by Gasteiger charge is -2.08. The molecule has 0 aliphatic carbocycles. The second kappa shape index (κ2) is 8.66. The minimum atomic E-state index is 0.0727. The van der Waals surface area contributed by atoms with Gasteiger partial charge in [0.15, 0.2) is 0 Å². The molecular weight excluding hydrogens is 244 g/mol. The molecular formula is C13H24N4O2. The smallest absolute Gasteiger partial charge is 0.221 e. The molecule has 108 valence electrons. The van der Waals surface area contributed by atoms with Gasteiger partial charge in [-0.15, -0.1) is 0 Å². The fourth-order valence-corrected chi connectivity index (χ4v) is 1.64. The van der Waals surface area contributed by atoms with Gasteiger partial charge in [0, 0.05) is 45.4 Å². The molecule has 6 heteroatoms. The second-order valence-corrected chi connectivity index (χ2v) is 4.74. The van der Waals surface area contributed by atoms with Crippen LogP contribution in [0.5, 0.6) is 0 Å². The summed E-state index contributed by atoms with van der Waals surface area (Å²) in [6, 6.07) is 0.191. The van der Waals surface area contributed by atoms with Crippen LogP contribution in [0.15, 0.2) is 12.5 Å². The lowest BCUT2D eigenvalue weighted by molar-refractivity contribution is -0.121. The Hall–Kier alpha value is -1.40. The van der Waals surface area contributed by atoms with Gasteiger partial charge < -0.3 is 19.9 Å². The predicted octanol–water partition coefficient (Wildman–Crippen LogP) is 0.534. The second-order valence-electron chi connectivity index (χ2n) is 4.74. The van der Waals surface area contributed by atoms with Gasteiger partial charge >= 0.3 is 0 Å². The van der Waals surface area contributed by atoms with Crippen LogP contribution in [-0.2, 0) is 22.6 Å². The lowest BCUT2D eigenvalue weighted by Crippen LogP contribution is -2.30. The maximum Gasteiger partial charge on any atom is 0.221 e. The number of rotatable bonds is 9. The highest BCUT2D eigenvalue weighted by Crippen LogP contribution is 1.98. The van der Waals surface area contributed by atoms with Crippen LogP contribution in [0.25, 0.3) is 0 Å². The molecule has 0 spiro atoms. The number of aromatic nitrogens is 2. The Morgan fingerprint density at radius 1 is 1.53 bits per heavy atom. The zero-order valence-corrected chi connectivity index (χ0v) is 12.0. The van der Waals surface area contributed by atoms with Gasteiger partial charge in [-0.25, -0.2) is 4.98 Å². The van der Waals surface area contributed by atoms with Crippen molar-refractivity contribution in [1.29, 1.82) is 0 Å². The van der Waals surface area contributed by atoms with Crippen LogP contribution in [-0.4, -0.2) is 41.8 Å². The quantitative estimate of drug-likeness (QED) is 0.641. The van der Waals surface area contributed by atoms with E-state index in [9.17, 15) is 4.79 Å². The molecule has 0 saturated heterocycles. The van der Waals surface area contributed by atoms with E-state index >= 15 is 0 Å². The summed E-state index contributed by atoms with van der Waals surface area (Å²) in [5.74, 6) is 0.0727. The van der Waals surface area contributed by atoms with Crippen LogP contribution >= 0.6 is 0 Å². The van der Waals surface area contributed by atoms with Crippen LogP contribution in [0.2, 0.25) is 0 Å². The number of methoxy groups -OCH3 is 1. The van der Waals surface area contributed by atoms with Crippen molar-refractivity contribution in [1.82, 2.24) is 20.2 Å². The number of aryl methyl sites for hydroxylation is 1. The third-order valence-corrected chi connectivity index (χ3v) is 2.52. The van der Waals surface area contributed by atoms with E-state index in [2.05, 4.69) is 15.6 Å². The highest BCUT2D eigenvalue weighted by atomic mass is 16.5. The topological polar surface area (TPSA) is 68.2 Å². The molecule has 1 rings (SSSR count). The molecule has 1 aromatic rings. The summed E-state index contributed by atoms with van der Waals surface area (Å²) in [6.45, 7) is 6.78. The van der Waals surface area contributed by atoms with Crippen molar-refractivity contribution in [2.45, 2.75) is 39.4 Å². The fourth-order valence-electron chi connectivity index (χ4n) is 1.64. The van der Waals surface area contributed by atoms with Crippen molar-refractivity contribution >= 4 is 5.91 Å². The number of nitrogens with zero attached hydrogens (tertiary/aromatic N) is 2. The summed E-state index contributed by atoms with van der Waals surface area (Å²) in [6.07, 6.45) is 4.20. The molecule has 6 nitrogen and oxygen atoms in total. The molecule has 0 atom stereocenters. The van der Waals surface area contributed by atoms with E-state index in [-0.39, 0.29) is 11.9 Å². The average molecular weight is 268 g/mol. The maximum absolute atomic E-state index is 11.5. The van der Waals surface area contributed by atoms with E-state index in [4.69, 9.17) is 4.74 Å². The van der Waals surface area contributed by atoms with Gasteiger partial charge in [-0.2, -0.15) is 0 Å². The summed E-state index contributed by atoms with van der Waals surface area (Å²) < 4.78 is 6.89. The van der Waals surface area contributed by atoms with Crippen molar-refractivity contribution in [3.05, 3.63) is 18.2 Å². The third kappa shape index (κ3) is 6.93. The Labute approximate surface area is 114 Å². The minimum Gasteiger partial charge on any atom is -0.383 e. The number of hydrogen-bond acceptors (Lipinski definition) is 4. The zero-order chi connectivity index (χ0) is 14.1. The standard InChI is InChI=1S/C13H24N4O2/c1-11(2)16-13(18)4-6-17-9-12(15-10-17)8-14-5-7-19-3/h9-11,14H,4-8H2,1-3H3,(H,16,18). The average Bonchev–Trinajstić information content (AvgIpc) is 2.79. The first-order valence-corrected chi connectivity index (χ1v) is 6.61. The molecule has 0 saturated carbocycles. The van der Waals surface area contributed by atoms with Crippen LogP contribution in [0, 0.1) is 0 Å². The minimum absolute atomic E-state index is 0.0727. The van der Waals surface area contributed by atoms with Gasteiger partial charge in [-0.1, -0.05) is 0 Å². The largest absolute Gasteiger partial charge is 0.383 e. The van der Waals surface area contributed by atoms with Crippen molar-refractivity contribution in [2.24, 2.45) is 0 Å². The number of carbonyl (C=O) groups excluding carboxylic acids is 1. The van der Waals surface area contributed by atoms with Gasteiger partial charge in [-0.3, -0.25) is 4.79 Å². The van der Waals surface area contributed by atoms with Gasteiger partial charge in [0.1, 0.15) is 0 Å². The van der Waals surface area contributed by atoms with E-state index < -0.39 is 0 Å². The number of hydrogen-bond donors (Lipinski definition) is 2. The normalized spacial score (nSPS) is 10.9. The number of amides is 1. The molecule has 0 unspecified atom stereocenters. The molecule has 0 radical (unpaired) electrons. The van der Waals surface area contributed by atoms with Crippen LogP contribution in [0.1, 0.15) is 26.0 Å². The third-order valence-electron chi connectivity index (χ3n) is 2.52. The van der Waals surface area contributed by atoms with Crippen molar-refractivity contribution < 1.29 is 9.53 Å². The van der Waals surface area contributed by atoms with E-state index in [1.807, 2.05) is 24.6 Å². The van der Waals surface area contributed by atoms with E-state index in [0.717, 1.165) is 12.2 Å². The molecule has 0 fully saturated rings. The maximum atomic E-state index is 11.5. The summed E-state index contributed by atoms with van der Waals surface area (Å²) >= 11 is 0. The van der Waals surface area contributed by atoms with Gasteiger partial charge in [0.25, 0.3) is 0 Å². The molecule has 1 heterocycles.